The number of rotatable bonds is 9. The van der Waals surface area contributed by atoms with Crippen molar-refractivity contribution in [1.82, 2.24) is 4.90 Å². The zero-order valence-electron chi connectivity index (χ0n) is 20.0. The minimum atomic E-state index is -0.864. The van der Waals surface area contributed by atoms with E-state index in [2.05, 4.69) is 11.8 Å². The van der Waals surface area contributed by atoms with Crippen molar-refractivity contribution < 1.29 is 14.6 Å². The number of benzene rings is 2. The van der Waals surface area contributed by atoms with E-state index in [-0.39, 0.29) is 36.8 Å². The van der Waals surface area contributed by atoms with Gasteiger partial charge in [0.1, 0.15) is 17.7 Å². The molecule has 2 aromatic carbocycles. The van der Waals surface area contributed by atoms with Gasteiger partial charge in [0.25, 0.3) is 0 Å². The molecule has 1 aromatic heterocycles. The van der Waals surface area contributed by atoms with Crippen molar-refractivity contribution in [2.24, 2.45) is 5.73 Å². The van der Waals surface area contributed by atoms with Gasteiger partial charge in [0.15, 0.2) is 0 Å². The first-order chi connectivity index (χ1) is 16.3. The van der Waals surface area contributed by atoms with Crippen molar-refractivity contribution in [3.63, 3.8) is 0 Å². The first-order valence-electron chi connectivity index (χ1n) is 11.5. The van der Waals surface area contributed by atoms with Crippen molar-refractivity contribution in [1.29, 1.82) is 10.8 Å². The molecule has 7 nitrogen and oxygen atoms in total. The number of hydrogen-bond acceptors (Lipinski definition) is 5. The number of halogens is 2. The van der Waals surface area contributed by atoms with Crippen LogP contribution < -0.4 is 10.5 Å². The number of fused-ring (bicyclic) bond motifs is 1. The van der Waals surface area contributed by atoms with Crippen LogP contribution in [0.25, 0.3) is 10.1 Å². The van der Waals surface area contributed by atoms with Crippen molar-refractivity contribution in [2.75, 3.05) is 13.1 Å². The van der Waals surface area contributed by atoms with Crippen LogP contribution in [0.2, 0.25) is 0 Å². The number of nitrogens with zero attached hydrogens (tertiary/aromatic N) is 1. The second-order valence-electron chi connectivity index (χ2n) is 8.71. The average Bonchev–Trinajstić information content (AvgIpc) is 3.44. The average molecular weight is 552 g/mol. The van der Waals surface area contributed by atoms with E-state index in [1.54, 1.807) is 11.3 Å². The first kappa shape index (κ1) is 29.4. The van der Waals surface area contributed by atoms with Gasteiger partial charge >= 0.3 is 5.97 Å². The van der Waals surface area contributed by atoms with Crippen molar-refractivity contribution in [3.05, 3.63) is 64.5 Å². The fourth-order valence-electron chi connectivity index (χ4n) is 4.35. The minimum absolute atomic E-state index is 0. The van der Waals surface area contributed by atoms with Gasteiger partial charge in [-0.25, -0.2) is 0 Å². The number of likely N-dealkylation sites (tertiary alicyclic amines) is 1. The van der Waals surface area contributed by atoms with E-state index < -0.39 is 11.9 Å². The van der Waals surface area contributed by atoms with E-state index in [4.69, 9.17) is 21.3 Å². The van der Waals surface area contributed by atoms with Crippen LogP contribution in [-0.2, 0) is 11.2 Å². The highest BCUT2D eigenvalue weighted by atomic mass is 35.5. The highest BCUT2D eigenvalue weighted by Crippen LogP contribution is 2.32. The molecule has 1 saturated heterocycles. The van der Waals surface area contributed by atoms with Crippen LogP contribution >= 0.6 is 36.2 Å². The third-order valence-electron chi connectivity index (χ3n) is 6.18. The molecule has 0 aliphatic carbocycles. The molecule has 0 spiro atoms. The Morgan fingerprint density at radius 1 is 1.19 bits per heavy atom. The molecule has 0 bridgehead atoms. The molecule has 4 rings (SSSR count). The van der Waals surface area contributed by atoms with Crippen molar-refractivity contribution in [2.45, 2.75) is 44.6 Å². The number of amidine groups is 2. The number of nitrogens with one attached hydrogen (secondary N) is 2. The maximum atomic E-state index is 12.1. The Hall–Kier alpha value is -2.81. The number of nitrogen functional groups attached to an aromatic ring is 1. The Bertz CT molecular complexity index is 1220. The Morgan fingerprint density at radius 2 is 1.92 bits per heavy atom. The fourth-order valence-corrected chi connectivity index (χ4v) is 5.44. The molecule has 36 heavy (non-hydrogen) atoms. The topological polar surface area (TPSA) is 123 Å². The van der Waals surface area contributed by atoms with Gasteiger partial charge in [-0.05, 0) is 60.2 Å². The molecule has 0 radical (unpaired) electrons. The molecular weight excluding hydrogens is 519 g/mol. The fraction of sp³-hybridized carbons (Fsp3) is 0.346. The van der Waals surface area contributed by atoms with Crippen molar-refractivity contribution >= 4 is 63.9 Å². The maximum absolute atomic E-state index is 12.1. The molecule has 2 atom stereocenters. The van der Waals surface area contributed by atoms with E-state index in [9.17, 15) is 9.90 Å². The number of carboxylic acids is 1. The Balaban J connectivity index is 0.00000228. The summed E-state index contributed by atoms with van der Waals surface area (Å²) in [6.07, 6.45) is 3.06. The second-order valence-corrected chi connectivity index (χ2v) is 9.88. The summed E-state index contributed by atoms with van der Waals surface area (Å²) in [6, 6.07) is 15.0. The smallest absolute Gasteiger partial charge is 0.311 e. The lowest BCUT2D eigenvalue weighted by Crippen LogP contribution is -2.30. The van der Waals surface area contributed by atoms with Crippen LogP contribution in [0.4, 0.5) is 0 Å². The number of hydrogen-bond donors (Lipinski definition) is 4. The van der Waals surface area contributed by atoms with E-state index in [0.29, 0.717) is 17.8 Å². The van der Waals surface area contributed by atoms with Gasteiger partial charge in [0, 0.05) is 34.5 Å². The quantitative estimate of drug-likeness (QED) is 0.202. The molecular formula is C26H32Cl2N4O3S. The summed E-state index contributed by atoms with van der Waals surface area (Å²) in [5.74, 6) is -0.111. The van der Waals surface area contributed by atoms with E-state index in [0.717, 1.165) is 58.6 Å². The van der Waals surface area contributed by atoms with E-state index in [1.807, 2.05) is 48.5 Å². The summed E-state index contributed by atoms with van der Waals surface area (Å²) in [4.78, 5) is 15.1. The molecule has 1 aliphatic rings. The van der Waals surface area contributed by atoms with Crippen LogP contribution in [0.3, 0.4) is 0 Å². The van der Waals surface area contributed by atoms with Gasteiger partial charge in [0.2, 0.25) is 0 Å². The molecule has 0 saturated carbocycles. The maximum Gasteiger partial charge on any atom is 0.311 e. The zero-order valence-corrected chi connectivity index (χ0v) is 22.5. The van der Waals surface area contributed by atoms with Gasteiger partial charge in [-0.15, -0.1) is 36.2 Å². The van der Waals surface area contributed by atoms with Gasteiger partial charge in [-0.3, -0.25) is 15.6 Å². The second kappa shape index (κ2) is 12.9. The molecule has 10 heteroatoms. The molecule has 0 amide bonds. The minimum Gasteiger partial charge on any atom is -0.489 e. The standard InChI is InChI=1S/C26H30N4O3S.2ClH/c1-2-3-24(27)30-11-10-20(15-30)33-19-7-4-16(5-8-19)22(26(31)32)14-21-13-18-12-17(25(28)29)6-9-23(18)34-21;;/h4-9,12-13,20,22,27H,2-3,10-11,14-15H2,1H3,(H3,28,29)(H,31,32);2*1H/t20-,22?;;/m0../s1. The summed E-state index contributed by atoms with van der Waals surface area (Å²) < 4.78 is 7.15. The van der Waals surface area contributed by atoms with Crippen LogP contribution in [-0.4, -0.2) is 46.8 Å². The molecule has 3 aromatic rings. The van der Waals surface area contributed by atoms with Crippen LogP contribution in [0.15, 0.2) is 48.5 Å². The molecule has 2 heterocycles. The number of nitrogens with two attached hydrogens (primary N) is 1. The van der Waals surface area contributed by atoms with E-state index in [1.165, 1.54) is 0 Å². The third-order valence-corrected chi connectivity index (χ3v) is 7.32. The van der Waals surface area contributed by atoms with Crippen LogP contribution in [0.1, 0.15) is 48.1 Å². The Labute approximate surface area is 227 Å². The Kier molecular flexibility index (Phi) is 10.6. The van der Waals surface area contributed by atoms with Gasteiger partial charge in [-0.2, -0.15) is 0 Å². The summed E-state index contributed by atoms with van der Waals surface area (Å²) >= 11 is 1.57. The lowest BCUT2D eigenvalue weighted by molar-refractivity contribution is -0.138. The summed E-state index contributed by atoms with van der Waals surface area (Å²) in [5.41, 5.74) is 6.99. The van der Waals surface area contributed by atoms with Gasteiger partial charge in [0.05, 0.1) is 18.3 Å². The molecule has 5 N–H and O–H groups in total. The molecule has 1 aliphatic heterocycles. The zero-order chi connectivity index (χ0) is 24.2. The molecule has 194 valence electrons. The number of carboxylic acid groups (broad SMARTS) is 1. The number of thiophene rings is 1. The summed E-state index contributed by atoms with van der Waals surface area (Å²) in [7, 11) is 0. The predicted octanol–water partition coefficient (Wildman–Crippen LogP) is 5.67. The monoisotopic (exact) mass is 550 g/mol. The number of carbonyl (C=O) groups is 1. The van der Waals surface area contributed by atoms with Crippen LogP contribution in [0, 0.1) is 10.8 Å². The Morgan fingerprint density at radius 3 is 2.56 bits per heavy atom. The first-order valence-corrected chi connectivity index (χ1v) is 12.3. The van der Waals surface area contributed by atoms with Crippen LogP contribution in [0.5, 0.6) is 5.75 Å². The number of ether oxygens (including phenoxy) is 1. The van der Waals surface area contributed by atoms with Gasteiger partial charge < -0.3 is 20.5 Å². The predicted molar refractivity (Wildman–Crippen MR) is 151 cm³/mol. The lowest BCUT2D eigenvalue weighted by atomic mass is 9.95. The van der Waals surface area contributed by atoms with Crippen molar-refractivity contribution in [3.8, 4) is 5.75 Å². The van der Waals surface area contributed by atoms with Gasteiger partial charge in [-0.1, -0.05) is 19.1 Å². The highest BCUT2D eigenvalue weighted by molar-refractivity contribution is 7.19. The molecule has 1 fully saturated rings. The van der Waals surface area contributed by atoms with E-state index >= 15 is 0 Å². The highest BCUT2D eigenvalue weighted by Gasteiger charge is 2.26. The summed E-state index contributed by atoms with van der Waals surface area (Å²) in [6.45, 7) is 3.64. The SMILES string of the molecule is CCCC(=N)N1CC[C@H](Oc2ccc(C(Cc3cc4cc(C(=N)N)ccc4s3)C(=O)O)cc2)C1.Cl.Cl. The summed E-state index contributed by atoms with van der Waals surface area (Å²) in [5, 5.41) is 26.6. The largest absolute Gasteiger partial charge is 0.489 e. The third kappa shape index (κ3) is 6.90. The normalized spacial score (nSPS) is 15.6. The molecule has 1 unspecified atom stereocenters. The lowest BCUT2D eigenvalue weighted by Gasteiger charge is -2.19. The number of aliphatic carboxylic acids is 1.